The fraction of sp³-hybridized carbons (Fsp3) is 0.333. The summed E-state index contributed by atoms with van der Waals surface area (Å²) in [6, 6.07) is 6.85. The van der Waals surface area contributed by atoms with Gasteiger partial charge in [0.2, 0.25) is 5.88 Å². The molecule has 0 aliphatic heterocycles. The molecule has 26 heavy (non-hydrogen) atoms. The van der Waals surface area contributed by atoms with Gasteiger partial charge in [-0.15, -0.1) is 0 Å². The third-order valence-electron chi connectivity index (χ3n) is 3.76. The van der Waals surface area contributed by atoms with Gasteiger partial charge in [0.25, 0.3) is 5.91 Å². The van der Waals surface area contributed by atoms with Gasteiger partial charge in [-0.1, -0.05) is 0 Å². The second-order valence-electron chi connectivity index (χ2n) is 5.64. The van der Waals surface area contributed by atoms with Gasteiger partial charge in [-0.3, -0.25) is 4.79 Å². The minimum absolute atomic E-state index is 0.0372. The molecule has 0 aliphatic carbocycles. The Labute approximate surface area is 148 Å². The Hall–Kier alpha value is -2.64. The van der Waals surface area contributed by atoms with Crippen molar-refractivity contribution >= 4 is 5.91 Å². The number of halogens is 4. The predicted octanol–water partition coefficient (Wildman–Crippen LogP) is 4.17. The van der Waals surface area contributed by atoms with Crippen LogP contribution in [0.3, 0.4) is 0 Å². The highest BCUT2D eigenvalue weighted by Gasteiger charge is 2.30. The lowest BCUT2D eigenvalue weighted by Crippen LogP contribution is -2.41. The third kappa shape index (κ3) is 4.93. The first-order valence-electron chi connectivity index (χ1n) is 7.95. The molecule has 1 heterocycles. The maximum absolute atomic E-state index is 13.0. The van der Waals surface area contributed by atoms with Crippen molar-refractivity contribution < 1.29 is 27.1 Å². The number of hydrogen-bond acceptors (Lipinski definition) is 3. The number of amides is 1. The van der Waals surface area contributed by atoms with Crippen LogP contribution in [0, 0.1) is 5.82 Å². The van der Waals surface area contributed by atoms with Crippen LogP contribution in [-0.4, -0.2) is 35.0 Å². The number of alkyl halides is 3. The van der Waals surface area contributed by atoms with Crippen molar-refractivity contribution in [3.63, 3.8) is 0 Å². The van der Waals surface area contributed by atoms with Crippen molar-refractivity contribution in [2.75, 3.05) is 13.2 Å². The summed E-state index contributed by atoms with van der Waals surface area (Å²) in [5.41, 5.74) is -0.521. The van der Waals surface area contributed by atoms with E-state index in [4.69, 9.17) is 4.74 Å². The zero-order valence-electron chi connectivity index (χ0n) is 14.3. The van der Waals surface area contributed by atoms with Crippen LogP contribution < -0.4 is 4.74 Å². The number of carbonyl (C=O) groups excluding carboxylic acids is 1. The number of benzene rings is 1. The Morgan fingerprint density at radius 3 is 2.35 bits per heavy atom. The van der Waals surface area contributed by atoms with E-state index in [2.05, 4.69) is 4.98 Å². The topological polar surface area (TPSA) is 42.4 Å². The van der Waals surface area contributed by atoms with E-state index in [9.17, 15) is 22.4 Å². The maximum Gasteiger partial charge on any atom is 0.417 e. The Kier molecular flexibility index (Phi) is 6.18. The molecule has 8 heteroatoms. The second-order valence-corrected chi connectivity index (χ2v) is 5.64. The van der Waals surface area contributed by atoms with Gasteiger partial charge < -0.3 is 9.64 Å². The lowest BCUT2D eigenvalue weighted by Gasteiger charge is -2.28. The van der Waals surface area contributed by atoms with Gasteiger partial charge in [-0.2, -0.15) is 13.2 Å². The lowest BCUT2D eigenvalue weighted by atomic mass is 10.1. The van der Waals surface area contributed by atoms with Crippen LogP contribution >= 0.6 is 0 Å². The second kappa shape index (κ2) is 8.16. The molecule has 0 saturated carbocycles. The van der Waals surface area contributed by atoms with Crippen molar-refractivity contribution in [3.8, 4) is 5.88 Å². The number of hydrogen-bond donors (Lipinski definition) is 0. The Balaban J connectivity index is 1.99. The molecular weight excluding hydrogens is 352 g/mol. The van der Waals surface area contributed by atoms with Gasteiger partial charge in [0.05, 0.1) is 11.6 Å². The molecular formula is C18H18F4N2O2. The molecule has 1 unspecified atom stereocenters. The quantitative estimate of drug-likeness (QED) is 0.717. The summed E-state index contributed by atoms with van der Waals surface area (Å²) in [5.74, 6) is -0.687. The molecule has 0 fully saturated rings. The Morgan fingerprint density at radius 1 is 1.19 bits per heavy atom. The van der Waals surface area contributed by atoms with E-state index >= 15 is 0 Å². The van der Waals surface area contributed by atoms with E-state index in [-0.39, 0.29) is 24.4 Å². The van der Waals surface area contributed by atoms with Crippen LogP contribution in [-0.2, 0) is 6.18 Å². The minimum atomic E-state index is -4.46. The number of pyridine rings is 1. The molecule has 0 radical (unpaired) electrons. The third-order valence-corrected chi connectivity index (χ3v) is 3.76. The summed E-state index contributed by atoms with van der Waals surface area (Å²) < 4.78 is 55.9. The van der Waals surface area contributed by atoms with E-state index in [1.807, 2.05) is 0 Å². The van der Waals surface area contributed by atoms with Gasteiger partial charge in [0.1, 0.15) is 12.4 Å². The first-order chi connectivity index (χ1) is 12.2. The number of carbonyl (C=O) groups is 1. The summed E-state index contributed by atoms with van der Waals surface area (Å²) in [6.07, 6.45) is -3.76. The van der Waals surface area contributed by atoms with Crippen molar-refractivity contribution in [2.24, 2.45) is 0 Å². The molecule has 2 aromatic rings. The van der Waals surface area contributed by atoms with E-state index in [0.29, 0.717) is 18.3 Å². The van der Waals surface area contributed by atoms with Crippen molar-refractivity contribution in [1.29, 1.82) is 0 Å². The monoisotopic (exact) mass is 370 g/mol. The van der Waals surface area contributed by atoms with Crippen LogP contribution in [0.25, 0.3) is 0 Å². The van der Waals surface area contributed by atoms with Crippen LogP contribution in [0.5, 0.6) is 5.88 Å². The van der Waals surface area contributed by atoms with E-state index < -0.39 is 17.6 Å². The molecule has 2 rings (SSSR count). The summed E-state index contributed by atoms with van der Waals surface area (Å²) >= 11 is 0. The summed E-state index contributed by atoms with van der Waals surface area (Å²) in [5, 5.41) is 0. The molecule has 140 valence electrons. The number of ether oxygens (including phenoxy) is 1. The fourth-order valence-electron chi connectivity index (χ4n) is 2.34. The van der Waals surface area contributed by atoms with Crippen LogP contribution in [0.4, 0.5) is 17.6 Å². The van der Waals surface area contributed by atoms with Crippen LogP contribution in [0.15, 0.2) is 42.6 Å². The molecule has 1 amide bonds. The highest BCUT2D eigenvalue weighted by Crippen LogP contribution is 2.29. The van der Waals surface area contributed by atoms with E-state index in [1.54, 1.807) is 13.8 Å². The first-order valence-corrected chi connectivity index (χ1v) is 7.95. The predicted molar refractivity (Wildman–Crippen MR) is 87.3 cm³/mol. The number of aromatic nitrogens is 1. The normalized spacial score (nSPS) is 12.5. The fourth-order valence-corrected chi connectivity index (χ4v) is 2.34. The van der Waals surface area contributed by atoms with Crippen LogP contribution in [0.2, 0.25) is 0 Å². The highest BCUT2D eigenvalue weighted by molar-refractivity contribution is 5.94. The molecule has 1 aromatic carbocycles. The molecule has 0 bridgehead atoms. The van der Waals surface area contributed by atoms with Crippen molar-refractivity contribution in [3.05, 3.63) is 59.5 Å². The SMILES string of the molecule is CCN(C(=O)c1ccc(F)cc1)C(C)COc1ccc(C(F)(F)F)cn1. The standard InChI is InChI=1S/C18H18F4N2O2/c1-3-24(17(25)13-4-7-15(19)8-5-13)12(2)11-26-16-9-6-14(10-23-16)18(20,21)22/h4-10,12H,3,11H2,1-2H3. The average Bonchev–Trinajstić information content (AvgIpc) is 2.60. The maximum atomic E-state index is 13.0. The van der Waals surface area contributed by atoms with Gasteiger partial charge in [0.15, 0.2) is 0 Å². The molecule has 4 nitrogen and oxygen atoms in total. The van der Waals surface area contributed by atoms with Gasteiger partial charge in [-0.05, 0) is 44.2 Å². The average molecular weight is 370 g/mol. The number of nitrogens with zero attached hydrogens (tertiary/aromatic N) is 2. The molecule has 1 aromatic heterocycles. The Morgan fingerprint density at radius 2 is 1.85 bits per heavy atom. The zero-order chi connectivity index (χ0) is 19.3. The highest BCUT2D eigenvalue weighted by atomic mass is 19.4. The minimum Gasteiger partial charge on any atom is -0.475 e. The number of rotatable bonds is 6. The van der Waals surface area contributed by atoms with Gasteiger partial charge >= 0.3 is 6.18 Å². The van der Waals surface area contributed by atoms with Gasteiger partial charge in [-0.25, -0.2) is 9.37 Å². The lowest BCUT2D eigenvalue weighted by molar-refractivity contribution is -0.137. The molecule has 1 atom stereocenters. The van der Waals surface area contributed by atoms with Crippen molar-refractivity contribution in [1.82, 2.24) is 9.88 Å². The molecule has 0 aliphatic rings. The molecule has 0 spiro atoms. The zero-order valence-corrected chi connectivity index (χ0v) is 14.3. The first kappa shape index (κ1) is 19.7. The van der Waals surface area contributed by atoms with E-state index in [0.717, 1.165) is 12.1 Å². The van der Waals surface area contributed by atoms with Crippen molar-refractivity contribution in [2.45, 2.75) is 26.1 Å². The van der Waals surface area contributed by atoms with Crippen LogP contribution in [0.1, 0.15) is 29.8 Å². The molecule has 0 N–H and O–H groups in total. The smallest absolute Gasteiger partial charge is 0.417 e. The largest absolute Gasteiger partial charge is 0.475 e. The molecule has 0 saturated heterocycles. The summed E-state index contributed by atoms with van der Waals surface area (Å²) in [7, 11) is 0. The summed E-state index contributed by atoms with van der Waals surface area (Å²) in [6.45, 7) is 3.98. The Bertz CT molecular complexity index is 730. The summed E-state index contributed by atoms with van der Waals surface area (Å²) in [4.78, 5) is 17.7. The van der Waals surface area contributed by atoms with Gasteiger partial charge in [0, 0.05) is 24.4 Å². The van der Waals surface area contributed by atoms with E-state index in [1.165, 1.54) is 29.2 Å². The number of likely N-dealkylation sites (N-methyl/N-ethyl adjacent to an activating group) is 1.